The molecule has 1 aromatic carbocycles. The lowest BCUT2D eigenvalue weighted by Gasteiger charge is -2.03. The zero-order chi connectivity index (χ0) is 10.6. The molecule has 0 saturated heterocycles. The van der Waals surface area contributed by atoms with Crippen molar-refractivity contribution in [2.24, 2.45) is 5.73 Å². The Morgan fingerprint density at radius 3 is 2.79 bits per heavy atom. The summed E-state index contributed by atoms with van der Waals surface area (Å²) in [6, 6.07) is 3.93. The highest BCUT2D eigenvalue weighted by Gasteiger charge is 2.08. The molecule has 3 N–H and O–H groups in total. The van der Waals surface area contributed by atoms with E-state index in [2.05, 4.69) is 0 Å². The molecule has 76 valence electrons. The van der Waals surface area contributed by atoms with Crippen LogP contribution in [0.25, 0.3) is 0 Å². The Hall–Kier alpha value is -1.26. The van der Waals surface area contributed by atoms with Crippen LogP contribution < -0.4 is 5.73 Å². The molecule has 3 nitrogen and oxygen atoms in total. The average molecular weight is 197 g/mol. The average Bonchev–Trinajstić information content (AvgIpc) is 2.19. The number of Topliss-reactive ketones (excluding diaryl/α,β-unsaturated/α-hetero) is 1. The third-order valence-corrected chi connectivity index (χ3v) is 1.91. The lowest BCUT2D eigenvalue weighted by atomic mass is 10.1. The standard InChI is InChI=1S/C10H12FNO2/c11-9-2-1-7(5-8(9)6-13)10(14)3-4-12/h1-2,5,13H,3-4,6,12H2. The Bertz CT molecular complexity index is 339. The van der Waals surface area contributed by atoms with E-state index in [1.807, 2.05) is 0 Å². The highest BCUT2D eigenvalue weighted by atomic mass is 19.1. The summed E-state index contributed by atoms with van der Waals surface area (Å²) < 4.78 is 12.9. The van der Waals surface area contributed by atoms with Gasteiger partial charge in [-0.25, -0.2) is 4.39 Å². The molecule has 0 radical (unpaired) electrons. The molecule has 0 unspecified atom stereocenters. The summed E-state index contributed by atoms with van der Waals surface area (Å²) in [6.07, 6.45) is 0.233. The zero-order valence-electron chi connectivity index (χ0n) is 7.66. The predicted molar refractivity (Wildman–Crippen MR) is 50.3 cm³/mol. The van der Waals surface area contributed by atoms with Crippen molar-refractivity contribution in [3.8, 4) is 0 Å². The van der Waals surface area contributed by atoms with Crippen LogP contribution in [0.5, 0.6) is 0 Å². The molecule has 0 aliphatic carbocycles. The molecule has 0 saturated carbocycles. The van der Waals surface area contributed by atoms with E-state index in [4.69, 9.17) is 10.8 Å². The van der Waals surface area contributed by atoms with Gasteiger partial charge in [0.05, 0.1) is 6.61 Å². The van der Waals surface area contributed by atoms with Crippen LogP contribution in [0.2, 0.25) is 0 Å². The van der Waals surface area contributed by atoms with Crippen molar-refractivity contribution in [2.45, 2.75) is 13.0 Å². The van der Waals surface area contributed by atoms with Crippen LogP contribution in [-0.4, -0.2) is 17.4 Å². The van der Waals surface area contributed by atoms with Crippen molar-refractivity contribution in [1.82, 2.24) is 0 Å². The summed E-state index contributed by atoms with van der Waals surface area (Å²) in [5.41, 5.74) is 5.74. The lowest BCUT2D eigenvalue weighted by molar-refractivity contribution is 0.0985. The Morgan fingerprint density at radius 2 is 2.21 bits per heavy atom. The first-order valence-corrected chi connectivity index (χ1v) is 4.31. The number of hydrogen-bond acceptors (Lipinski definition) is 3. The second-order valence-corrected chi connectivity index (χ2v) is 2.93. The molecule has 0 amide bonds. The third kappa shape index (κ3) is 2.37. The zero-order valence-corrected chi connectivity index (χ0v) is 7.66. The maximum absolute atomic E-state index is 12.9. The topological polar surface area (TPSA) is 63.3 Å². The summed E-state index contributed by atoms with van der Waals surface area (Å²) in [5.74, 6) is -0.640. The number of ketones is 1. The molecular formula is C10H12FNO2. The summed E-state index contributed by atoms with van der Waals surface area (Å²) in [7, 11) is 0. The van der Waals surface area contributed by atoms with Gasteiger partial charge in [0.1, 0.15) is 5.82 Å². The fraction of sp³-hybridized carbons (Fsp3) is 0.300. The number of nitrogens with two attached hydrogens (primary N) is 1. The first-order valence-electron chi connectivity index (χ1n) is 4.31. The molecule has 4 heteroatoms. The van der Waals surface area contributed by atoms with Crippen LogP contribution in [0.1, 0.15) is 22.3 Å². The van der Waals surface area contributed by atoms with Gasteiger partial charge < -0.3 is 10.8 Å². The monoisotopic (exact) mass is 197 g/mol. The fourth-order valence-electron chi connectivity index (χ4n) is 1.14. The molecule has 0 fully saturated rings. The van der Waals surface area contributed by atoms with E-state index in [0.29, 0.717) is 5.56 Å². The van der Waals surface area contributed by atoms with Crippen LogP contribution in [0.15, 0.2) is 18.2 Å². The van der Waals surface area contributed by atoms with Crippen molar-refractivity contribution in [2.75, 3.05) is 6.54 Å². The SMILES string of the molecule is NCCC(=O)c1ccc(F)c(CO)c1. The van der Waals surface area contributed by atoms with Gasteiger partial charge in [-0.1, -0.05) is 0 Å². The number of hydrogen-bond donors (Lipinski definition) is 2. The number of carbonyl (C=O) groups excluding carboxylic acids is 1. The first-order chi connectivity index (χ1) is 6.69. The van der Waals surface area contributed by atoms with Gasteiger partial charge in [0, 0.05) is 17.5 Å². The highest BCUT2D eigenvalue weighted by molar-refractivity contribution is 5.96. The van der Waals surface area contributed by atoms with Crippen molar-refractivity contribution in [3.05, 3.63) is 35.1 Å². The first kappa shape index (κ1) is 10.8. The Balaban J connectivity index is 2.94. The second kappa shape index (κ2) is 4.83. The van der Waals surface area contributed by atoms with Gasteiger partial charge in [-0.3, -0.25) is 4.79 Å². The van der Waals surface area contributed by atoms with Gasteiger partial charge in [0.15, 0.2) is 5.78 Å². The van der Waals surface area contributed by atoms with Gasteiger partial charge in [0.25, 0.3) is 0 Å². The number of aliphatic hydroxyl groups excluding tert-OH is 1. The molecule has 0 bridgehead atoms. The normalized spacial score (nSPS) is 10.2. The molecule has 0 heterocycles. The van der Waals surface area contributed by atoms with Crippen molar-refractivity contribution in [3.63, 3.8) is 0 Å². The van der Waals surface area contributed by atoms with E-state index in [1.165, 1.54) is 18.2 Å². The molecule has 0 aliphatic rings. The predicted octanol–water partition coefficient (Wildman–Crippen LogP) is 0.850. The number of carbonyl (C=O) groups is 1. The van der Waals surface area contributed by atoms with Gasteiger partial charge in [-0.15, -0.1) is 0 Å². The van der Waals surface area contributed by atoms with E-state index in [-0.39, 0.29) is 24.3 Å². The van der Waals surface area contributed by atoms with Gasteiger partial charge in [-0.2, -0.15) is 0 Å². The number of aliphatic hydroxyl groups is 1. The minimum atomic E-state index is -0.503. The van der Waals surface area contributed by atoms with E-state index in [9.17, 15) is 9.18 Å². The second-order valence-electron chi connectivity index (χ2n) is 2.93. The number of halogens is 1. The van der Waals surface area contributed by atoms with Crippen LogP contribution in [0.4, 0.5) is 4.39 Å². The van der Waals surface area contributed by atoms with Gasteiger partial charge in [0.2, 0.25) is 0 Å². The Kier molecular flexibility index (Phi) is 3.73. The molecule has 0 atom stereocenters. The summed E-state index contributed by atoms with van der Waals surface area (Å²) in [6.45, 7) is -0.139. The highest BCUT2D eigenvalue weighted by Crippen LogP contribution is 2.11. The summed E-state index contributed by atoms with van der Waals surface area (Å²) in [4.78, 5) is 11.3. The van der Waals surface area contributed by atoms with Crippen LogP contribution in [-0.2, 0) is 6.61 Å². The molecule has 0 spiro atoms. The van der Waals surface area contributed by atoms with Crippen molar-refractivity contribution >= 4 is 5.78 Å². The lowest BCUT2D eigenvalue weighted by Crippen LogP contribution is -2.08. The minimum absolute atomic E-state index is 0.132. The van der Waals surface area contributed by atoms with Gasteiger partial charge in [-0.05, 0) is 24.7 Å². The summed E-state index contributed by atoms with van der Waals surface area (Å²) in [5, 5.41) is 8.78. The molecule has 1 aromatic rings. The number of rotatable bonds is 4. The largest absolute Gasteiger partial charge is 0.392 e. The van der Waals surface area contributed by atoms with E-state index in [0.717, 1.165) is 0 Å². The molecule has 0 aromatic heterocycles. The fourth-order valence-corrected chi connectivity index (χ4v) is 1.14. The van der Waals surface area contributed by atoms with E-state index >= 15 is 0 Å². The minimum Gasteiger partial charge on any atom is -0.392 e. The molecule has 1 rings (SSSR count). The van der Waals surface area contributed by atoms with E-state index in [1.54, 1.807) is 0 Å². The van der Waals surface area contributed by atoms with Crippen molar-refractivity contribution in [1.29, 1.82) is 0 Å². The molecule has 14 heavy (non-hydrogen) atoms. The Labute approximate surface area is 81.4 Å². The molecule has 0 aliphatic heterocycles. The quantitative estimate of drug-likeness (QED) is 0.703. The third-order valence-electron chi connectivity index (χ3n) is 1.91. The number of benzene rings is 1. The Morgan fingerprint density at radius 1 is 1.50 bits per heavy atom. The molecular weight excluding hydrogens is 185 g/mol. The van der Waals surface area contributed by atoms with Crippen LogP contribution in [0, 0.1) is 5.82 Å². The smallest absolute Gasteiger partial charge is 0.164 e. The van der Waals surface area contributed by atoms with Crippen LogP contribution >= 0.6 is 0 Å². The van der Waals surface area contributed by atoms with Crippen LogP contribution in [0.3, 0.4) is 0 Å². The van der Waals surface area contributed by atoms with Crippen molar-refractivity contribution < 1.29 is 14.3 Å². The maximum Gasteiger partial charge on any atom is 0.164 e. The van der Waals surface area contributed by atoms with Gasteiger partial charge >= 0.3 is 0 Å². The van der Waals surface area contributed by atoms with E-state index < -0.39 is 12.4 Å². The maximum atomic E-state index is 12.9. The summed E-state index contributed by atoms with van der Waals surface area (Å²) >= 11 is 0.